The van der Waals surface area contributed by atoms with E-state index in [0.717, 1.165) is 6.07 Å². The van der Waals surface area contributed by atoms with Crippen molar-refractivity contribution in [1.29, 1.82) is 5.41 Å². The SMILES string of the molecule is N=C(N)c1cccc(-c2nocc2NC(=O)c2ccc(-c3ccccc3C(F)(F)F)cc2)c1. The van der Waals surface area contributed by atoms with Gasteiger partial charge in [-0.1, -0.05) is 53.7 Å². The van der Waals surface area contributed by atoms with Crippen molar-refractivity contribution in [3.05, 3.63) is 95.7 Å². The highest BCUT2D eigenvalue weighted by atomic mass is 19.4. The molecule has 166 valence electrons. The third-order valence-electron chi connectivity index (χ3n) is 4.96. The van der Waals surface area contributed by atoms with Crippen LogP contribution in [0, 0.1) is 5.41 Å². The molecule has 0 unspecified atom stereocenters. The number of alkyl halides is 3. The lowest BCUT2D eigenvalue weighted by Crippen LogP contribution is -2.12. The number of amidine groups is 1. The van der Waals surface area contributed by atoms with E-state index < -0.39 is 17.6 Å². The minimum atomic E-state index is -4.49. The van der Waals surface area contributed by atoms with Crippen LogP contribution in [0.1, 0.15) is 21.5 Å². The van der Waals surface area contributed by atoms with Gasteiger partial charge in [-0.25, -0.2) is 0 Å². The molecule has 0 aliphatic carbocycles. The summed E-state index contributed by atoms with van der Waals surface area (Å²) in [6.45, 7) is 0. The van der Waals surface area contributed by atoms with E-state index >= 15 is 0 Å². The number of carbonyl (C=O) groups excluding carboxylic acids is 1. The lowest BCUT2D eigenvalue weighted by atomic mass is 9.98. The molecule has 1 aromatic heterocycles. The van der Waals surface area contributed by atoms with E-state index in [0.29, 0.717) is 28.1 Å². The molecule has 1 heterocycles. The summed E-state index contributed by atoms with van der Waals surface area (Å²) >= 11 is 0. The van der Waals surface area contributed by atoms with Gasteiger partial charge < -0.3 is 15.6 Å². The van der Waals surface area contributed by atoms with Gasteiger partial charge in [0.05, 0.1) is 5.56 Å². The first-order valence-electron chi connectivity index (χ1n) is 9.71. The molecule has 0 aliphatic heterocycles. The molecule has 4 rings (SSSR count). The van der Waals surface area contributed by atoms with Gasteiger partial charge in [-0.05, 0) is 35.4 Å². The molecule has 0 radical (unpaired) electrons. The van der Waals surface area contributed by atoms with Gasteiger partial charge in [0.2, 0.25) is 0 Å². The summed E-state index contributed by atoms with van der Waals surface area (Å²) in [7, 11) is 0. The Morgan fingerprint density at radius 3 is 2.36 bits per heavy atom. The second-order valence-electron chi connectivity index (χ2n) is 7.15. The Balaban J connectivity index is 1.57. The molecular weight excluding hydrogens is 433 g/mol. The molecule has 6 nitrogen and oxygen atoms in total. The Kier molecular flexibility index (Phi) is 5.70. The van der Waals surface area contributed by atoms with Crippen LogP contribution < -0.4 is 11.1 Å². The van der Waals surface area contributed by atoms with Crippen molar-refractivity contribution in [3.63, 3.8) is 0 Å². The third-order valence-corrected chi connectivity index (χ3v) is 4.96. The topological polar surface area (TPSA) is 105 Å². The number of benzene rings is 3. The predicted molar refractivity (Wildman–Crippen MR) is 118 cm³/mol. The molecule has 0 saturated carbocycles. The van der Waals surface area contributed by atoms with Crippen molar-refractivity contribution in [1.82, 2.24) is 5.16 Å². The van der Waals surface area contributed by atoms with E-state index in [1.54, 1.807) is 24.3 Å². The summed E-state index contributed by atoms with van der Waals surface area (Å²) in [5.41, 5.74) is 7.12. The number of halogens is 3. The summed E-state index contributed by atoms with van der Waals surface area (Å²) < 4.78 is 44.9. The number of hydrogen-bond donors (Lipinski definition) is 3. The zero-order chi connectivity index (χ0) is 23.6. The fourth-order valence-electron chi connectivity index (χ4n) is 3.35. The van der Waals surface area contributed by atoms with Crippen molar-refractivity contribution in [2.75, 3.05) is 5.32 Å². The van der Waals surface area contributed by atoms with Crippen LogP contribution >= 0.6 is 0 Å². The highest BCUT2D eigenvalue weighted by Gasteiger charge is 2.33. The van der Waals surface area contributed by atoms with Crippen LogP contribution in [0.5, 0.6) is 0 Å². The van der Waals surface area contributed by atoms with Gasteiger partial charge >= 0.3 is 6.18 Å². The summed E-state index contributed by atoms with van der Waals surface area (Å²) in [5.74, 6) is -0.601. The van der Waals surface area contributed by atoms with Gasteiger partial charge in [0.15, 0.2) is 0 Å². The monoisotopic (exact) mass is 450 g/mol. The minimum Gasteiger partial charge on any atom is -0.384 e. The summed E-state index contributed by atoms with van der Waals surface area (Å²) in [4.78, 5) is 12.7. The Bertz CT molecular complexity index is 1330. The first kappa shape index (κ1) is 21.8. The van der Waals surface area contributed by atoms with Crippen LogP contribution in [0.25, 0.3) is 22.4 Å². The van der Waals surface area contributed by atoms with Crippen molar-refractivity contribution in [2.45, 2.75) is 6.18 Å². The maximum Gasteiger partial charge on any atom is 0.417 e. The molecule has 4 aromatic rings. The van der Waals surface area contributed by atoms with Crippen molar-refractivity contribution < 1.29 is 22.5 Å². The van der Waals surface area contributed by atoms with Crippen LogP contribution in [-0.2, 0) is 6.18 Å². The Labute approximate surface area is 186 Å². The highest BCUT2D eigenvalue weighted by molar-refractivity contribution is 6.06. The standard InChI is InChI=1S/C24H17F3N4O2/c25-24(26,27)19-7-2-1-6-18(19)14-8-10-15(11-9-14)23(32)30-20-13-33-31-21(20)16-4-3-5-17(12-16)22(28)29/h1-13H,(H3,28,29)(H,30,32). The van der Waals surface area contributed by atoms with Crippen LogP contribution in [0.4, 0.5) is 18.9 Å². The number of rotatable bonds is 5. The zero-order valence-electron chi connectivity index (χ0n) is 17.0. The van der Waals surface area contributed by atoms with E-state index in [4.69, 9.17) is 15.7 Å². The smallest absolute Gasteiger partial charge is 0.384 e. The van der Waals surface area contributed by atoms with Gasteiger partial charge in [0.25, 0.3) is 5.91 Å². The maximum absolute atomic E-state index is 13.3. The number of aromatic nitrogens is 1. The fourth-order valence-corrected chi connectivity index (χ4v) is 3.35. The number of hydrogen-bond acceptors (Lipinski definition) is 4. The normalized spacial score (nSPS) is 11.2. The second kappa shape index (κ2) is 8.62. The molecule has 9 heteroatoms. The van der Waals surface area contributed by atoms with E-state index in [1.165, 1.54) is 48.7 Å². The quantitative estimate of drug-likeness (QED) is 0.273. The van der Waals surface area contributed by atoms with Gasteiger partial charge in [-0.15, -0.1) is 0 Å². The van der Waals surface area contributed by atoms with E-state index in [1.807, 2.05) is 0 Å². The average Bonchev–Trinajstić information content (AvgIpc) is 3.27. The van der Waals surface area contributed by atoms with Gasteiger partial charge in [-0.2, -0.15) is 13.2 Å². The largest absolute Gasteiger partial charge is 0.417 e. The van der Waals surface area contributed by atoms with Crippen molar-refractivity contribution in [3.8, 4) is 22.4 Å². The number of nitrogens with one attached hydrogen (secondary N) is 2. The molecule has 0 fully saturated rings. The van der Waals surface area contributed by atoms with Gasteiger partial charge in [0, 0.05) is 16.7 Å². The molecule has 3 aromatic carbocycles. The fraction of sp³-hybridized carbons (Fsp3) is 0.0417. The zero-order valence-corrected chi connectivity index (χ0v) is 17.0. The lowest BCUT2D eigenvalue weighted by molar-refractivity contribution is -0.137. The van der Waals surface area contributed by atoms with Gasteiger partial charge in [0.1, 0.15) is 23.5 Å². The molecule has 0 saturated heterocycles. The number of nitrogens with zero attached hydrogens (tertiary/aromatic N) is 1. The van der Waals surface area contributed by atoms with E-state index in [9.17, 15) is 18.0 Å². The highest BCUT2D eigenvalue weighted by Crippen LogP contribution is 2.37. The second-order valence-corrected chi connectivity index (χ2v) is 7.15. The number of nitrogen functional groups attached to an aromatic ring is 1. The molecule has 1 amide bonds. The van der Waals surface area contributed by atoms with Crippen LogP contribution in [-0.4, -0.2) is 16.9 Å². The average molecular weight is 450 g/mol. The van der Waals surface area contributed by atoms with Crippen molar-refractivity contribution in [2.24, 2.45) is 5.73 Å². The molecule has 0 atom stereocenters. The lowest BCUT2D eigenvalue weighted by Gasteiger charge is -2.13. The van der Waals surface area contributed by atoms with E-state index in [2.05, 4.69) is 10.5 Å². The molecule has 4 N–H and O–H groups in total. The Morgan fingerprint density at radius 1 is 0.939 bits per heavy atom. The molecular formula is C24H17F3N4O2. The van der Waals surface area contributed by atoms with Crippen LogP contribution in [0.3, 0.4) is 0 Å². The van der Waals surface area contributed by atoms with Gasteiger partial charge in [-0.3, -0.25) is 10.2 Å². The van der Waals surface area contributed by atoms with Crippen LogP contribution in [0.2, 0.25) is 0 Å². The summed E-state index contributed by atoms with van der Waals surface area (Å²) in [5, 5.41) is 14.2. The van der Waals surface area contributed by atoms with E-state index in [-0.39, 0.29) is 17.0 Å². The minimum absolute atomic E-state index is 0.0311. The first-order chi connectivity index (χ1) is 15.7. The summed E-state index contributed by atoms with van der Waals surface area (Å²) in [6, 6.07) is 17.8. The molecule has 0 spiro atoms. The number of anilines is 1. The number of nitrogens with two attached hydrogens (primary N) is 1. The number of amides is 1. The number of carbonyl (C=O) groups is 1. The maximum atomic E-state index is 13.3. The molecule has 33 heavy (non-hydrogen) atoms. The first-order valence-corrected chi connectivity index (χ1v) is 9.71. The van der Waals surface area contributed by atoms with Crippen molar-refractivity contribution >= 4 is 17.4 Å². The Hall–Kier alpha value is -4.40. The third kappa shape index (κ3) is 4.62. The molecule has 0 bridgehead atoms. The summed E-state index contributed by atoms with van der Waals surface area (Å²) in [6.07, 6.45) is -3.22. The predicted octanol–water partition coefficient (Wildman–Crippen LogP) is 5.56. The molecule has 0 aliphatic rings. The van der Waals surface area contributed by atoms with Crippen LogP contribution in [0.15, 0.2) is 83.6 Å². The Morgan fingerprint density at radius 2 is 1.67 bits per heavy atom.